The molecule has 4 nitrogen and oxygen atoms in total. The minimum Gasteiger partial charge on any atom is -0.321 e. The van der Waals surface area contributed by atoms with Crippen molar-refractivity contribution in [3.05, 3.63) is 58.1 Å². The third-order valence-electron chi connectivity index (χ3n) is 3.05. The molecule has 1 amide bonds. The van der Waals surface area contributed by atoms with Crippen LogP contribution in [0.5, 0.6) is 0 Å². The molecule has 0 aliphatic carbocycles. The van der Waals surface area contributed by atoms with Crippen molar-refractivity contribution in [3.8, 4) is 0 Å². The fraction of sp³-hybridized carbons (Fsp3) is 0.133. The van der Waals surface area contributed by atoms with Gasteiger partial charge in [0.05, 0.1) is 10.6 Å². The second-order valence-corrected chi connectivity index (χ2v) is 7.54. The zero-order chi connectivity index (χ0) is 17.2. The van der Waals surface area contributed by atoms with Crippen LogP contribution in [0.3, 0.4) is 0 Å². The SMILES string of the molecule is Cc1ccc(NC(=O)c2ccc(S(=O)(=O)C(F)F)cc2)c(Br)c1. The maximum Gasteiger partial charge on any atom is 0.341 e. The van der Waals surface area contributed by atoms with Crippen LogP contribution in [0.2, 0.25) is 0 Å². The molecule has 0 radical (unpaired) electrons. The molecule has 23 heavy (non-hydrogen) atoms. The van der Waals surface area contributed by atoms with Crippen LogP contribution in [0.1, 0.15) is 15.9 Å². The summed E-state index contributed by atoms with van der Waals surface area (Å²) in [7, 11) is -4.66. The number of alkyl halides is 2. The molecule has 0 aliphatic rings. The molecule has 0 unspecified atom stereocenters. The van der Waals surface area contributed by atoms with E-state index in [2.05, 4.69) is 21.2 Å². The highest BCUT2D eigenvalue weighted by molar-refractivity contribution is 9.10. The number of carbonyl (C=O) groups excluding carboxylic acids is 1. The van der Waals surface area contributed by atoms with Gasteiger partial charge in [-0.1, -0.05) is 6.07 Å². The van der Waals surface area contributed by atoms with Gasteiger partial charge in [-0.2, -0.15) is 8.78 Å². The Balaban J connectivity index is 2.21. The molecule has 0 atom stereocenters. The number of halogens is 3. The maximum atomic E-state index is 12.4. The molecule has 2 aromatic rings. The number of hydrogen-bond acceptors (Lipinski definition) is 3. The first-order valence-corrected chi connectivity index (χ1v) is 8.75. The molecule has 122 valence electrons. The van der Waals surface area contributed by atoms with Gasteiger partial charge >= 0.3 is 5.76 Å². The molecule has 1 N–H and O–H groups in total. The van der Waals surface area contributed by atoms with Crippen LogP contribution >= 0.6 is 15.9 Å². The minimum absolute atomic E-state index is 0.158. The quantitative estimate of drug-likeness (QED) is 0.838. The summed E-state index contributed by atoms with van der Waals surface area (Å²) in [6, 6.07) is 9.71. The summed E-state index contributed by atoms with van der Waals surface area (Å²) in [5.41, 5.74) is 1.71. The van der Waals surface area contributed by atoms with E-state index in [9.17, 15) is 22.0 Å². The van der Waals surface area contributed by atoms with E-state index in [4.69, 9.17) is 0 Å². The van der Waals surface area contributed by atoms with Crippen molar-refractivity contribution in [1.29, 1.82) is 0 Å². The first kappa shape index (κ1) is 17.6. The Morgan fingerprint density at radius 1 is 1.13 bits per heavy atom. The van der Waals surface area contributed by atoms with Crippen LogP contribution in [0.15, 0.2) is 51.8 Å². The summed E-state index contributed by atoms with van der Waals surface area (Å²) in [4.78, 5) is 11.6. The first-order chi connectivity index (χ1) is 10.7. The molecule has 8 heteroatoms. The highest BCUT2D eigenvalue weighted by Gasteiger charge is 2.26. The molecule has 0 saturated heterocycles. The molecular weight excluding hydrogens is 392 g/mol. The van der Waals surface area contributed by atoms with Crippen molar-refractivity contribution in [2.45, 2.75) is 17.6 Å². The molecule has 2 aromatic carbocycles. The minimum atomic E-state index is -4.66. The number of nitrogens with one attached hydrogen (secondary N) is 1. The van der Waals surface area contributed by atoms with E-state index in [1.807, 2.05) is 19.1 Å². The van der Waals surface area contributed by atoms with Crippen LogP contribution < -0.4 is 5.32 Å². The summed E-state index contributed by atoms with van der Waals surface area (Å²) < 4.78 is 48.2. The number of anilines is 1. The number of rotatable bonds is 4. The molecule has 0 aromatic heterocycles. The number of sulfone groups is 1. The first-order valence-electron chi connectivity index (χ1n) is 6.41. The van der Waals surface area contributed by atoms with E-state index in [0.717, 1.165) is 17.7 Å². The molecule has 2 rings (SSSR count). The van der Waals surface area contributed by atoms with Gasteiger partial charge in [0.1, 0.15) is 0 Å². The Labute approximate surface area is 140 Å². The predicted octanol–water partition coefficient (Wildman–Crippen LogP) is 4.01. The average molecular weight is 404 g/mol. The van der Waals surface area contributed by atoms with Gasteiger partial charge in [-0.3, -0.25) is 4.79 Å². The monoisotopic (exact) mass is 403 g/mol. The Morgan fingerprint density at radius 2 is 1.74 bits per heavy atom. The molecule has 0 spiro atoms. The van der Waals surface area contributed by atoms with Crippen molar-refractivity contribution < 1.29 is 22.0 Å². The number of carbonyl (C=O) groups is 1. The fourth-order valence-corrected chi connectivity index (χ4v) is 3.13. The Kier molecular flexibility index (Phi) is 5.16. The zero-order valence-electron chi connectivity index (χ0n) is 11.9. The second kappa shape index (κ2) is 6.76. The van der Waals surface area contributed by atoms with Crippen LogP contribution in [-0.4, -0.2) is 20.1 Å². The second-order valence-electron chi connectivity index (χ2n) is 4.77. The summed E-state index contributed by atoms with van der Waals surface area (Å²) in [5, 5.41) is 2.65. The third-order valence-corrected chi connectivity index (χ3v) is 5.11. The summed E-state index contributed by atoms with van der Waals surface area (Å²) in [6.45, 7) is 1.90. The van der Waals surface area contributed by atoms with Gasteiger partial charge in [-0.15, -0.1) is 0 Å². The van der Waals surface area contributed by atoms with Gasteiger partial charge in [0.25, 0.3) is 5.91 Å². The lowest BCUT2D eigenvalue weighted by Crippen LogP contribution is -2.14. The van der Waals surface area contributed by atoms with Crippen LogP contribution in [0.25, 0.3) is 0 Å². The fourth-order valence-electron chi connectivity index (χ4n) is 1.81. The van der Waals surface area contributed by atoms with Crippen molar-refractivity contribution in [2.24, 2.45) is 0 Å². The Morgan fingerprint density at radius 3 is 2.26 bits per heavy atom. The van der Waals surface area contributed by atoms with Gasteiger partial charge in [0, 0.05) is 10.0 Å². The smallest absolute Gasteiger partial charge is 0.321 e. The maximum absolute atomic E-state index is 12.4. The summed E-state index contributed by atoms with van der Waals surface area (Å²) in [5.74, 6) is -3.97. The van der Waals surface area contributed by atoms with Crippen LogP contribution in [0.4, 0.5) is 14.5 Å². The highest BCUT2D eigenvalue weighted by Crippen LogP contribution is 2.24. The number of aryl methyl sites for hydroxylation is 1. The Hall–Kier alpha value is -1.80. The molecule has 0 saturated carbocycles. The summed E-state index contributed by atoms with van der Waals surface area (Å²) >= 11 is 3.32. The van der Waals surface area contributed by atoms with Crippen molar-refractivity contribution in [3.63, 3.8) is 0 Å². The number of benzene rings is 2. The summed E-state index contributed by atoms with van der Waals surface area (Å²) in [6.07, 6.45) is 0. The standard InChI is InChI=1S/C15H12BrF2NO3S/c1-9-2-7-13(12(16)8-9)19-14(20)10-3-5-11(6-4-10)23(21,22)15(17)18/h2-8,15H,1H3,(H,19,20). The van der Waals surface area contributed by atoms with Gasteiger partial charge in [-0.05, 0) is 64.8 Å². The largest absolute Gasteiger partial charge is 0.341 e. The van der Waals surface area contributed by atoms with Crippen molar-refractivity contribution in [2.75, 3.05) is 5.32 Å². The van der Waals surface area contributed by atoms with Gasteiger partial charge in [0.15, 0.2) is 0 Å². The normalized spacial score (nSPS) is 11.5. The Bertz CT molecular complexity index is 836. The number of amides is 1. The molecule has 0 heterocycles. The van der Waals surface area contributed by atoms with Crippen molar-refractivity contribution in [1.82, 2.24) is 0 Å². The number of hydrogen-bond donors (Lipinski definition) is 1. The van der Waals surface area contributed by atoms with Gasteiger partial charge in [0.2, 0.25) is 9.84 Å². The third kappa shape index (κ3) is 3.94. The van der Waals surface area contributed by atoms with E-state index in [-0.39, 0.29) is 5.56 Å². The van der Waals surface area contributed by atoms with E-state index in [1.54, 1.807) is 6.07 Å². The zero-order valence-corrected chi connectivity index (χ0v) is 14.3. The van der Waals surface area contributed by atoms with E-state index in [1.165, 1.54) is 12.1 Å². The molecule has 0 fully saturated rings. The highest BCUT2D eigenvalue weighted by atomic mass is 79.9. The lowest BCUT2D eigenvalue weighted by molar-refractivity contribution is 0.102. The molecular formula is C15H12BrF2NO3S. The predicted molar refractivity (Wildman–Crippen MR) is 86.5 cm³/mol. The van der Waals surface area contributed by atoms with Crippen LogP contribution in [-0.2, 0) is 9.84 Å². The van der Waals surface area contributed by atoms with E-state index in [0.29, 0.717) is 10.2 Å². The van der Waals surface area contributed by atoms with Gasteiger partial charge in [-0.25, -0.2) is 8.42 Å². The average Bonchev–Trinajstić information content (AvgIpc) is 2.50. The topological polar surface area (TPSA) is 63.2 Å². The van der Waals surface area contributed by atoms with Crippen LogP contribution in [0, 0.1) is 6.92 Å². The molecule has 0 bridgehead atoms. The molecule has 0 aliphatic heterocycles. The van der Waals surface area contributed by atoms with E-state index >= 15 is 0 Å². The van der Waals surface area contributed by atoms with Crippen molar-refractivity contribution >= 4 is 37.4 Å². The lowest BCUT2D eigenvalue weighted by atomic mass is 10.2. The lowest BCUT2D eigenvalue weighted by Gasteiger charge is -2.09. The van der Waals surface area contributed by atoms with Gasteiger partial charge < -0.3 is 5.32 Å². The van der Waals surface area contributed by atoms with E-state index < -0.39 is 26.4 Å².